The molecule has 1 aliphatic heterocycles. The summed E-state index contributed by atoms with van der Waals surface area (Å²) in [5, 5.41) is 9.41. The van der Waals surface area contributed by atoms with Crippen molar-refractivity contribution in [2.75, 3.05) is 0 Å². The molecule has 0 aliphatic carbocycles. The number of halogens is 2. The summed E-state index contributed by atoms with van der Waals surface area (Å²) >= 11 is 11.0. The maximum atomic E-state index is 8.98. The van der Waals surface area contributed by atoms with Crippen molar-refractivity contribution in [2.45, 2.75) is 12.5 Å². The molecule has 1 atom stereocenters. The predicted molar refractivity (Wildman–Crippen MR) is 37.8 cm³/mol. The van der Waals surface area contributed by atoms with E-state index in [0.29, 0.717) is 6.42 Å². The maximum Gasteiger partial charge on any atom is 0.145 e. The first-order valence-corrected chi connectivity index (χ1v) is 3.23. The average Bonchev–Trinajstić information content (AvgIpc) is 1.83. The molecule has 1 heterocycles. The van der Waals surface area contributed by atoms with Gasteiger partial charge in [-0.05, 0) is 0 Å². The number of aliphatic hydroxyl groups is 1. The molecule has 0 bridgehead atoms. The van der Waals surface area contributed by atoms with Crippen LogP contribution in [0.1, 0.15) is 6.42 Å². The Morgan fingerprint density at radius 1 is 1.67 bits per heavy atom. The molecule has 1 unspecified atom stereocenters. The van der Waals surface area contributed by atoms with Gasteiger partial charge in [-0.25, -0.2) is 4.99 Å². The summed E-state index contributed by atoms with van der Waals surface area (Å²) in [5.41, 5.74) is 0. The number of rotatable bonds is 0. The smallest absolute Gasteiger partial charge is 0.145 e. The zero-order valence-electron chi connectivity index (χ0n) is 4.51. The summed E-state index contributed by atoms with van der Waals surface area (Å²) in [5.74, 6) is 0. The zero-order valence-corrected chi connectivity index (χ0v) is 6.02. The number of hydrogen-bond acceptors (Lipinski definition) is 2. The highest BCUT2D eigenvalue weighted by Crippen LogP contribution is 2.23. The third kappa shape index (κ3) is 1.45. The van der Waals surface area contributed by atoms with E-state index in [1.165, 1.54) is 0 Å². The molecule has 50 valence electrons. The second kappa shape index (κ2) is 2.69. The Morgan fingerprint density at radius 3 is 2.78 bits per heavy atom. The van der Waals surface area contributed by atoms with Crippen molar-refractivity contribution in [3.05, 3.63) is 10.2 Å². The Balaban J connectivity index is 2.83. The Kier molecular flexibility index (Phi) is 2.11. The van der Waals surface area contributed by atoms with Crippen molar-refractivity contribution in [3.8, 4) is 0 Å². The van der Waals surface area contributed by atoms with Gasteiger partial charge in [0.1, 0.15) is 5.16 Å². The normalized spacial score (nSPS) is 27.2. The minimum Gasteiger partial charge on any atom is -0.387 e. The molecule has 0 aromatic carbocycles. The van der Waals surface area contributed by atoms with Gasteiger partial charge in [-0.15, -0.1) is 0 Å². The van der Waals surface area contributed by atoms with Crippen LogP contribution in [-0.4, -0.2) is 17.4 Å². The van der Waals surface area contributed by atoms with E-state index < -0.39 is 6.10 Å². The van der Waals surface area contributed by atoms with Gasteiger partial charge in [0.15, 0.2) is 0 Å². The maximum absolute atomic E-state index is 8.98. The highest BCUT2D eigenvalue weighted by molar-refractivity contribution is 6.39. The van der Waals surface area contributed by atoms with E-state index >= 15 is 0 Å². The molecule has 0 aromatic heterocycles. The topological polar surface area (TPSA) is 32.6 Å². The van der Waals surface area contributed by atoms with Crippen molar-refractivity contribution in [3.63, 3.8) is 0 Å². The third-order valence-corrected chi connectivity index (χ3v) is 1.85. The van der Waals surface area contributed by atoms with Gasteiger partial charge in [-0.2, -0.15) is 0 Å². The van der Waals surface area contributed by atoms with Crippen LogP contribution in [0.25, 0.3) is 0 Å². The molecule has 4 heteroatoms. The van der Waals surface area contributed by atoms with E-state index in [-0.39, 0.29) is 10.2 Å². The van der Waals surface area contributed by atoms with E-state index in [1.807, 2.05) is 0 Å². The molecule has 0 amide bonds. The molecule has 9 heavy (non-hydrogen) atoms. The van der Waals surface area contributed by atoms with Gasteiger partial charge in [0.2, 0.25) is 0 Å². The third-order valence-electron chi connectivity index (χ3n) is 1.02. The van der Waals surface area contributed by atoms with E-state index in [1.54, 1.807) is 6.21 Å². The van der Waals surface area contributed by atoms with Crippen LogP contribution in [0.4, 0.5) is 0 Å². The van der Waals surface area contributed by atoms with E-state index in [9.17, 15) is 0 Å². The SMILES string of the molecule is OC1CC=NC(Cl)=C1Cl. The van der Waals surface area contributed by atoms with Crippen LogP contribution in [0, 0.1) is 0 Å². The van der Waals surface area contributed by atoms with Gasteiger partial charge in [0.25, 0.3) is 0 Å². The summed E-state index contributed by atoms with van der Waals surface area (Å²) in [6.07, 6.45) is 1.34. The molecular weight excluding hydrogens is 161 g/mol. The van der Waals surface area contributed by atoms with E-state index in [4.69, 9.17) is 28.3 Å². The Labute approximate surface area is 62.8 Å². The van der Waals surface area contributed by atoms with Gasteiger partial charge in [0, 0.05) is 12.6 Å². The molecule has 1 rings (SSSR count). The Morgan fingerprint density at radius 2 is 2.33 bits per heavy atom. The fourth-order valence-corrected chi connectivity index (χ4v) is 0.868. The van der Waals surface area contributed by atoms with Gasteiger partial charge in [-0.3, -0.25) is 0 Å². The molecule has 1 aliphatic rings. The lowest BCUT2D eigenvalue weighted by molar-refractivity contribution is 0.226. The molecule has 1 N–H and O–H groups in total. The van der Waals surface area contributed by atoms with Gasteiger partial charge in [-0.1, -0.05) is 23.2 Å². The van der Waals surface area contributed by atoms with Crippen LogP contribution in [0.15, 0.2) is 15.2 Å². The van der Waals surface area contributed by atoms with Gasteiger partial charge >= 0.3 is 0 Å². The second-order valence-electron chi connectivity index (χ2n) is 1.70. The van der Waals surface area contributed by atoms with Gasteiger partial charge < -0.3 is 5.11 Å². The molecule has 2 nitrogen and oxygen atoms in total. The second-order valence-corrected chi connectivity index (χ2v) is 2.47. The molecule has 0 saturated heterocycles. The fraction of sp³-hybridized carbons (Fsp3) is 0.400. The average molecular weight is 166 g/mol. The molecule has 0 spiro atoms. The number of hydrogen-bond donors (Lipinski definition) is 1. The lowest BCUT2D eigenvalue weighted by atomic mass is 10.2. The molecule has 0 radical (unpaired) electrons. The Bertz CT molecular complexity index is 176. The van der Waals surface area contributed by atoms with E-state index in [0.717, 1.165) is 0 Å². The molecular formula is C5H5Cl2NO. The minimum atomic E-state index is -0.656. The first kappa shape index (κ1) is 7.06. The standard InChI is InChI=1S/C5H5Cl2NO/c6-4-3(9)1-2-8-5(4)7/h2-3,9H,1H2. The minimum absolute atomic E-state index is 0.190. The lowest BCUT2D eigenvalue weighted by Crippen LogP contribution is -2.11. The summed E-state index contributed by atoms with van der Waals surface area (Å²) in [6.45, 7) is 0. The van der Waals surface area contributed by atoms with Crippen molar-refractivity contribution >= 4 is 29.4 Å². The quantitative estimate of drug-likeness (QED) is 0.543. The van der Waals surface area contributed by atoms with Crippen LogP contribution in [0.2, 0.25) is 0 Å². The zero-order chi connectivity index (χ0) is 6.85. The van der Waals surface area contributed by atoms with Crippen molar-refractivity contribution < 1.29 is 5.11 Å². The lowest BCUT2D eigenvalue weighted by Gasteiger charge is -2.10. The Hall–Kier alpha value is -0.0500. The summed E-state index contributed by atoms with van der Waals surface area (Å²) in [6, 6.07) is 0. The van der Waals surface area contributed by atoms with Crippen LogP contribution < -0.4 is 0 Å². The molecule has 0 aromatic rings. The highest BCUT2D eigenvalue weighted by atomic mass is 35.5. The van der Waals surface area contributed by atoms with Crippen LogP contribution >= 0.6 is 23.2 Å². The van der Waals surface area contributed by atoms with Crippen molar-refractivity contribution in [2.24, 2.45) is 4.99 Å². The summed E-state index contributed by atoms with van der Waals surface area (Å²) in [7, 11) is 0. The van der Waals surface area contributed by atoms with Crippen LogP contribution in [0.5, 0.6) is 0 Å². The van der Waals surface area contributed by atoms with Gasteiger partial charge in [0.05, 0.1) is 11.1 Å². The molecule has 0 fully saturated rings. The predicted octanol–water partition coefficient (Wildman–Crippen LogP) is 1.47. The summed E-state index contributed by atoms with van der Waals surface area (Å²) < 4.78 is 0. The number of aliphatic imine (C=N–C) groups is 1. The highest BCUT2D eigenvalue weighted by Gasteiger charge is 2.14. The first-order valence-electron chi connectivity index (χ1n) is 2.47. The first-order chi connectivity index (χ1) is 4.22. The fourth-order valence-electron chi connectivity index (χ4n) is 0.535. The van der Waals surface area contributed by atoms with Crippen LogP contribution in [-0.2, 0) is 0 Å². The summed E-state index contributed by atoms with van der Waals surface area (Å²) in [4.78, 5) is 3.69. The number of aliphatic hydroxyl groups excluding tert-OH is 1. The number of nitrogens with zero attached hydrogens (tertiary/aromatic N) is 1. The van der Waals surface area contributed by atoms with Crippen molar-refractivity contribution in [1.29, 1.82) is 0 Å². The largest absolute Gasteiger partial charge is 0.387 e. The monoisotopic (exact) mass is 165 g/mol. The molecule has 0 saturated carbocycles. The van der Waals surface area contributed by atoms with Crippen molar-refractivity contribution in [1.82, 2.24) is 0 Å². The van der Waals surface area contributed by atoms with E-state index in [2.05, 4.69) is 4.99 Å². The van der Waals surface area contributed by atoms with Crippen LogP contribution in [0.3, 0.4) is 0 Å².